The lowest BCUT2D eigenvalue weighted by Gasteiger charge is -2.05. The first-order valence-electron chi connectivity index (χ1n) is 5.51. The molecule has 0 aromatic heterocycles. The Morgan fingerprint density at radius 1 is 1.16 bits per heavy atom. The number of carboxylic acid groups (broad SMARTS) is 1. The molecule has 0 saturated carbocycles. The van der Waals surface area contributed by atoms with Crippen molar-refractivity contribution in [2.45, 2.75) is 12.8 Å². The third kappa shape index (κ3) is 6.16. The van der Waals surface area contributed by atoms with Crippen molar-refractivity contribution in [2.75, 3.05) is 11.9 Å². The van der Waals surface area contributed by atoms with Crippen LogP contribution in [0, 0.1) is 5.82 Å². The maximum Gasteiger partial charge on any atom is 0.322 e. The normalized spacial score (nSPS) is 9.74. The molecule has 0 aliphatic carbocycles. The van der Waals surface area contributed by atoms with Gasteiger partial charge in [-0.2, -0.15) is 0 Å². The minimum atomic E-state index is -1.16. The lowest BCUT2D eigenvalue weighted by Crippen LogP contribution is -2.29. The van der Waals surface area contributed by atoms with E-state index >= 15 is 0 Å². The molecule has 0 unspecified atom stereocenters. The molecule has 3 N–H and O–H groups in total. The van der Waals surface area contributed by atoms with Crippen molar-refractivity contribution in [3.05, 3.63) is 30.1 Å². The summed E-state index contributed by atoms with van der Waals surface area (Å²) in [6.45, 7) is -0.482. The van der Waals surface area contributed by atoms with E-state index in [1.165, 1.54) is 18.2 Å². The van der Waals surface area contributed by atoms with Crippen LogP contribution in [0.4, 0.5) is 10.1 Å². The zero-order chi connectivity index (χ0) is 14.3. The first-order valence-corrected chi connectivity index (χ1v) is 5.51. The van der Waals surface area contributed by atoms with Crippen LogP contribution in [0.1, 0.15) is 12.8 Å². The van der Waals surface area contributed by atoms with Crippen molar-refractivity contribution in [1.82, 2.24) is 5.32 Å². The summed E-state index contributed by atoms with van der Waals surface area (Å²) in [5.41, 5.74) is 0.302. The van der Waals surface area contributed by atoms with E-state index in [9.17, 15) is 18.8 Å². The molecule has 0 atom stereocenters. The molecule has 1 rings (SSSR count). The molecule has 1 aromatic carbocycles. The summed E-state index contributed by atoms with van der Waals surface area (Å²) in [6.07, 6.45) is -0.240. The van der Waals surface area contributed by atoms with Gasteiger partial charge in [0.05, 0.1) is 0 Å². The lowest BCUT2D eigenvalue weighted by molar-refractivity contribution is -0.138. The Balaban J connectivity index is 2.32. The SMILES string of the molecule is O=C(O)CNC(=O)CCC(=O)Nc1cccc(F)c1. The molecule has 0 radical (unpaired) electrons. The minimum Gasteiger partial charge on any atom is -0.480 e. The summed E-state index contributed by atoms with van der Waals surface area (Å²) in [7, 11) is 0. The molecule has 19 heavy (non-hydrogen) atoms. The van der Waals surface area contributed by atoms with E-state index in [0.29, 0.717) is 5.69 Å². The van der Waals surface area contributed by atoms with Gasteiger partial charge in [-0.15, -0.1) is 0 Å². The van der Waals surface area contributed by atoms with Gasteiger partial charge in [0.25, 0.3) is 0 Å². The highest BCUT2D eigenvalue weighted by atomic mass is 19.1. The number of nitrogens with one attached hydrogen (secondary N) is 2. The van der Waals surface area contributed by atoms with Crippen molar-refractivity contribution < 1.29 is 23.9 Å². The van der Waals surface area contributed by atoms with Crippen LogP contribution in [0.3, 0.4) is 0 Å². The van der Waals surface area contributed by atoms with Gasteiger partial charge in [-0.3, -0.25) is 14.4 Å². The summed E-state index contributed by atoms with van der Waals surface area (Å²) >= 11 is 0. The van der Waals surface area contributed by atoms with Crippen molar-refractivity contribution in [1.29, 1.82) is 0 Å². The molecule has 0 bridgehead atoms. The van der Waals surface area contributed by atoms with Gasteiger partial charge >= 0.3 is 5.97 Å². The van der Waals surface area contributed by atoms with Crippen molar-refractivity contribution in [3.63, 3.8) is 0 Å². The van der Waals surface area contributed by atoms with Gasteiger partial charge in [0.2, 0.25) is 11.8 Å². The number of anilines is 1. The van der Waals surface area contributed by atoms with Crippen LogP contribution in [-0.2, 0) is 14.4 Å². The molecule has 1 aromatic rings. The maximum atomic E-state index is 12.8. The average molecular weight is 268 g/mol. The number of benzene rings is 1. The highest BCUT2D eigenvalue weighted by Gasteiger charge is 2.08. The Kier molecular flexibility index (Phi) is 5.46. The first kappa shape index (κ1) is 14.6. The van der Waals surface area contributed by atoms with E-state index in [0.717, 1.165) is 6.07 Å². The zero-order valence-electron chi connectivity index (χ0n) is 9.98. The van der Waals surface area contributed by atoms with Gasteiger partial charge in [-0.1, -0.05) is 6.07 Å². The predicted molar refractivity (Wildman–Crippen MR) is 64.9 cm³/mol. The number of halogens is 1. The minimum absolute atomic E-state index is 0.109. The van der Waals surface area contributed by atoms with Crippen LogP contribution >= 0.6 is 0 Å². The second-order valence-corrected chi connectivity index (χ2v) is 3.73. The van der Waals surface area contributed by atoms with Gasteiger partial charge in [0.15, 0.2) is 0 Å². The Hall–Kier alpha value is -2.44. The standard InChI is InChI=1S/C12H13FN2O4/c13-8-2-1-3-9(6-8)15-11(17)5-4-10(16)14-7-12(18)19/h1-3,6H,4-5,7H2,(H,14,16)(H,15,17)(H,18,19). The van der Waals surface area contributed by atoms with Crippen molar-refractivity contribution in [2.24, 2.45) is 0 Å². The van der Waals surface area contributed by atoms with Gasteiger partial charge < -0.3 is 15.7 Å². The van der Waals surface area contributed by atoms with Crippen LogP contribution in [0.5, 0.6) is 0 Å². The third-order valence-corrected chi connectivity index (χ3v) is 2.12. The highest BCUT2D eigenvalue weighted by Crippen LogP contribution is 2.09. The second kappa shape index (κ2) is 7.10. The van der Waals surface area contributed by atoms with Crippen LogP contribution in [0.2, 0.25) is 0 Å². The molecule has 6 nitrogen and oxygen atoms in total. The predicted octanol–water partition coefficient (Wildman–Crippen LogP) is 0.745. The molecule has 0 spiro atoms. The lowest BCUT2D eigenvalue weighted by atomic mass is 10.2. The summed E-state index contributed by atoms with van der Waals surface area (Å²) in [5.74, 6) is -2.61. The number of carbonyl (C=O) groups is 3. The quantitative estimate of drug-likeness (QED) is 0.709. The smallest absolute Gasteiger partial charge is 0.322 e. The van der Waals surface area contributed by atoms with Crippen LogP contribution in [0.25, 0.3) is 0 Å². The molecule has 0 aliphatic rings. The highest BCUT2D eigenvalue weighted by molar-refractivity contribution is 5.93. The van der Waals surface area contributed by atoms with E-state index in [4.69, 9.17) is 5.11 Å². The number of hydrogen-bond donors (Lipinski definition) is 3. The van der Waals surface area contributed by atoms with Gasteiger partial charge in [0, 0.05) is 18.5 Å². The van der Waals surface area contributed by atoms with Crippen LogP contribution < -0.4 is 10.6 Å². The number of carboxylic acids is 1. The second-order valence-electron chi connectivity index (χ2n) is 3.73. The maximum absolute atomic E-state index is 12.8. The number of carbonyl (C=O) groups excluding carboxylic acids is 2. The van der Waals surface area contributed by atoms with E-state index in [2.05, 4.69) is 10.6 Å². The van der Waals surface area contributed by atoms with Gasteiger partial charge in [-0.05, 0) is 18.2 Å². The largest absolute Gasteiger partial charge is 0.480 e. The molecule has 0 saturated heterocycles. The Labute approximate surface area is 108 Å². The molecular weight excluding hydrogens is 255 g/mol. The molecule has 2 amide bonds. The number of amides is 2. The zero-order valence-corrected chi connectivity index (χ0v) is 9.98. The Morgan fingerprint density at radius 3 is 2.47 bits per heavy atom. The fraction of sp³-hybridized carbons (Fsp3) is 0.250. The summed E-state index contributed by atoms with van der Waals surface area (Å²) in [6, 6.07) is 5.37. The third-order valence-electron chi connectivity index (χ3n) is 2.12. The molecule has 0 fully saturated rings. The number of aliphatic carboxylic acids is 1. The van der Waals surface area contributed by atoms with Crippen molar-refractivity contribution in [3.8, 4) is 0 Å². The fourth-order valence-electron chi connectivity index (χ4n) is 1.28. The molecule has 0 aliphatic heterocycles. The molecule has 102 valence electrons. The van der Waals surface area contributed by atoms with E-state index < -0.39 is 30.1 Å². The summed E-state index contributed by atoms with van der Waals surface area (Å²) in [4.78, 5) is 32.8. The molecular formula is C12H13FN2O4. The van der Waals surface area contributed by atoms with E-state index in [1.807, 2.05) is 0 Å². The Bertz CT molecular complexity index is 490. The molecule has 7 heteroatoms. The van der Waals surface area contributed by atoms with Crippen molar-refractivity contribution >= 4 is 23.5 Å². The average Bonchev–Trinajstić information content (AvgIpc) is 2.34. The first-order chi connectivity index (χ1) is 8.97. The summed E-state index contributed by atoms with van der Waals surface area (Å²) in [5, 5.41) is 12.9. The molecule has 0 heterocycles. The Morgan fingerprint density at radius 2 is 1.84 bits per heavy atom. The fourth-order valence-corrected chi connectivity index (χ4v) is 1.28. The number of hydrogen-bond acceptors (Lipinski definition) is 3. The van der Waals surface area contributed by atoms with Crippen LogP contribution in [-0.4, -0.2) is 29.4 Å². The van der Waals surface area contributed by atoms with E-state index in [1.54, 1.807) is 0 Å². The van der Waals surface area contributed by atoms with E-state index in [-0.39, 0.29) is 12.8 Å². The van der Waals surface area contributed by atoms with Crippen LogP contribution in [0.15, 0.2) is 24.3 Å². The monoisotopic (exact) mass is 268 g/mol. The topological polar surface area (TPSA) is 95.5 Å². The number of rotatable bonds is 6. The summed E-state index contributed by atoms with van der Waals surface area (Å²) < 4.78 is 12.8. The van der Waals surface area contributed by atoms with Gasteiger partial charge in [-0.25, -0.2) is 4.39 Å². The van der Waals surface area contributed by atoms with Gasteiger partial charge in [0.1, 0.15) is 12.4 Å².